The Hall–Kier alpha value is -2.16. The van der Waals surface area contributed by atoms with Crippen LogP contribution in [-0.2, 0) is 10.3 Å². The van der Waals surface area contributed by atoms with Crippen molar-refractivity contribution >= 4 is 17.4 Å². The maximum atomic E-state index is 12.4. The first-order chi connectivity index (χ1) is 14.9. The van der Waals surface area contributed by atoms with Crippen LogP contribution >= 0.6 is 11.3 Å². The molecule has 3 fully saturated rings. The van der Waals surface area contributed by atoms with E-state index in [1.165, 1.54) is 0 Å². The fourth-order valence-electron chi connectivity index (χ4n) is 4.77. The van der Waals surface area contributed by atoms with E-state index in [0.717, 1.165) is 54.5 Å². The zero-order valence-electron chi connectivity index (χ0n) is 18.4. The van der Waals surface area contributed by atoms with Gasteiger partial charge in [0.15, 0.2) is 0 Å². The lowest BCUT2D eigenvalue weighted by atomic mass is 9.81. The molecule has 3 saturated heterocycles. The minimum atomic E-state index is -0.865. The largest absolute Gasteiger partial charge is 0.491 e. The van der Waals surface area contributed by atoms with Crippen molar-refractivity contribution < 1.29 is 19.4 Å². The molecular formula is C23H31N3O4S. The van der Waals surface area contributed by atoms with Gasteiger partial charge in [0, 0.05) is 24.6 Å². The van der Waals surface area contributed by atoms with Crippen LogP contribution in [0.3, 0.4) is 0 Å². The third kappa shape index (κ3) is 4.56. The minimum Gasteiger partial charge on any atom is -0.491 e. The number of aromatic nitrogens is 1. The quantitative estimate of drug-likeness (QED) is 0.616. The Kier molecular flexibility index (Phi) is 6.50. The van der Waals surface area contributed by atoms with E-state index in [1.54, 1.807) is 23.3 Å². The summed E-state index contributed by atoms with van der Waals surface area (Å²) in [5.41, 5.74) is 1.09. The molecule has 1 N–H and O–H groups in total. The number of hydrogen-bond donors (Lipinski definition) is 1. The van der Waals surface area contributed by atoms with Crippen molar-refractivity contribution in [2.24, 2.45) is 5.92 Å². The number of hydrogen-bond acceptors (Lipinski definition) is 6. The van der Waals surface area contributed by atoms with Gasteiger partial charge in [-0.15, -0.1) is 11.3 Å². The number of piperidine rings is 3. The number of amides is 1. The van der Waals surface area contributed by atoms with Gasteiger partial charge in [0.1, 0.15) is 17.4 Å². The summed E-state index contributed by atoms with van der Waals surface area (Å²) in [7, 11) is 1.65. The Morgan fingerprint density at radius 1 is 1.26 bits per heavy atom. The zero-order chi connectivity index (χ0) is 22.0. The van der Waals surface area contributed by atoms with Crippen LogP contribution in [-0.4, -0.2) is 72.0 Å². The highest BCUT2D eigenvalue weighted by atomic mass is 32.1. The summed E-state index contributed by atoms with van der Waals surface area (Å²) in [5, 5.41) is 13.0. The average Bonchev–Trinajstić information content (AvgIpc) is 3.26. The summed E-state index contributed by atoms with van der Waals surface area (Å²) in [6, 6.07) is 7.84. The molecule has 0 saturated carbocycles. The van der Waals surface area contributed by atoms with Crippen LogP contribution in [0.15, 0.2) is 29.6 Å². The Morgan fingerprint density at radius 3 is 2.55 bits per heavy atom. The lowest BCUT2D eigenvalue weighted by Gasteiger charge is -2.52. The molecule has 168 valence electrons. The van der Waals surface area contributed by atoms with Gasteiger partial charge in [-0.25, -0.2) is 9.78 Å². The third-order valence-corrected chi connectivity index (χ3v) is 7.44. The van der Waals surface area contributed by atoms with Crippen LogP contribution < -0.4 is 4.74 Å². The van der Waals surface area contributed by atoms with Crippen LogP contribution in [0.2, 0.25) is 0 Å². The molecule has 0 spiro atoms. The van der Waals surface area contributed by atoms with Crippen LogP contribution in [0.1, 0.15) is 32.4 Å². The second-order valence-electron chi connectivity index (χ2n) is 8.82. The molecule has 1 amide bonds. The van der Waals surface area contributed by atoms with E-state index >= 15 is 0 Å². The molecule has 31 heavy (non-hydrogen) atoms. The van der Waals surface area contributed by atoms with Crippen molar-refractivity contribution in [2.75, 3.05) is 40.0 Å². The normalized spacial score (nSPS) is 23.0. The standard InChI is InChI=1S/C23H31N3O4S/c1-23(2,26(22(27)28)19-14-25-10-8-16(19)9-11-25)20-15-31-21(24-20)17-4-6-18(7-5-17)30-13-12-29-3/h4-7,15-16,19H,8-14H2,1-3H3,(H,27,28). The molecule has 1 unspecified atom stereocenters. The van der Waals surface area contributed by atoms with Gasteiger partial charge >= 0.3 is 6.09 Å². The lowest BCUT2D eigenvalue weighted by molar-refractivity contribution is -0.0298. The predicted molar refractivity (Wildman–Crippen MR) is 121 cm³/mol. The Labute approximate surface area is 187 Å². The van der Waals surface area contributed by atoms with Crippen LogP contribution in [0.4, 0.5) is 4.79 Å². The van der Waals surface area contributed by atoms with E-state index in [4.69, 9.17) is 14.5 Å². The smallest absolute Gasteiger partial charge is 0.408 e. The molecule has 8 heteroatoms. The van der Waals surface area contributed by atoms with Crippen molar-refractivity contribution in [3.05, 3.63) is 35.3 Å². The summed E-state index contributed by atoms with van der Waals surface area (Å²) in [5.74, 6) is 1.22. The van der Waals surface area contributed by atoms with E-state index in [2.05, 4.69) is 4.90 Å². The van der Waals surface area contributed by atoms with Gasteiger partial charge in [0.2, 0.25) is 0 Å². The second kappa shape index (κ2) is 9.14. The number of carbonyl (C=O) groups is 1. The predicted octanol–water partition coefficient (Wildman–Crippen LogP) is 4.14. The van der Waals surface area contributed by atoms with Gasteiger partial charge < -0.3 is 19.5 Å². The maximum absolute atomic E-state index is 12.4. The van der Waals surface area contributed by atoms with Crippen molar-refractivity contribution in [3.8, 4) is 16.3 Å². The molecule has 7 nitrogen and oxygen atoms in total. The molecule has 2 bridgehead atoms. The lowest BCUT2D eigenvalue weighted by Crippen LogP contribution is -2.62. The van der Waals surface area contributed by atoms with E-state index in [1.807, 2.05) is 43.5 Å². The molecule has 0 radical (unpaired) electrons. The minimum absolute atomic E-state index is 0.0173. The monoisotopic (exact) mass is 445 g/mol. The van der Waals surface area contributed by atoms with Gasteiger partial charge in [0.25, 0.3) is 0 Å². The van der Waals surface area contributed by atoms with Crippen molar-refractivity contribution in [2.45, 2.75) is 38.3 Å². The van der Waals surface area contributed by atoms with E-state index in [-0.39, 0.29) is 6.04 Å². The molecule has 2 aromatic rings. The van der Waals surface area contributed by atoms with Crippen LogP contribution in [0.5, 0.6) is 5.75 Å². The number of ether oxygens (including phenoxy) is 2. The van der Waals surface area contributed by atoms with Gasteiger partial charge in [-0.05, 0) is 70.0 Å². The van der Waals surface area contributed by atoms with E-state index in [0.29, 0.717) is 19.1 Å². The van der Waals surface area contributed by atoms with Gasteiger partial charge in [-0.2, -0.15) is 0 Å². The third-order valence-electron chi connectivity index (χ3n) is 6.55. The molecule has 4 heterocycles. The highest BCUT2D eigenvalue weighted by Crippen LogP contribution is 2.39. The number of methoxy groups -OCH3 is 1. The highest BCUT2D eigenvalue weighted by molar-refractivity contribution is 7.13. The van der Waals surface area contributed by atoms with E-state index in [9.17, 15) is 9.90 Å². The summed E-state index contributed by atoms with van der Waals surface area (Å²) in [6.07, 6.45) is 1.29. The number of fused-ring (bicyclic) bond motifs is 3. The molecular weight excluding hydrogens is 414 g/mol. The molecule has 1 aromatic carbocycles. The topological polar surface area (TPSA) is 75.1 Å². The van der Waals surface area contributed by atoms with Crippen LogP contribution in [0.25, 0.3) is 10.6 Å². The zero-order valence-corrected chi connectivity index (χ0v) is 19.2. The van der Waals surface area contributed by atoms with Gasteiger partial charge in [0.05, 0.1) is 23.9 Å². The number of thiazole rings is 1. The van der Waals surface area contributed by atoms with Crippen molar-refractivity contribution in [1.29, 1.82) is 0 Å². The Bertz CT molecular complexity index is 890. The molecule has 5 rings (SSSR count). The Morgan fingerprint density at radius 2 is 1.97 bits per heavy atom. The summed E-state index contributed by atoms with van der Waals surface area (Å²) in [6.45, 7) is 8.00. The molecule has 3 aliphatic rings. The number of rotatable bonds is 8. The van der Waals surface area contributed by atoms with Gasteiger partial charge in [-0.3, -0.25) is 4.90 Å². The molecule has 0 aliphatic carbocycles. The van der Waals surface area contributed by atoms with Crippen LogP contribution in [0, 0.1) is 5.92 Å². The molecule has 1 aromatic heterocycles. The summed E-state index contributed by atoms with van der Waals surface area (Å²) in [4.78, 5) is 21.3. The molecule has 3 aliphatic heterocycles. The van der Waals surface area contributed by atoms with Crippen molar-refractivity contribution in [1.82, 2.24) is 14.8 Å². The maximum Gasteiger partial charge on any atom is 0.408 e. The summed E-state index contributed by atoms with van der Waals surface area (Å²) >= 11 is 1.55. The first kappa shape index (κ1) is 22.0. The number of carboxylic acid groups (broad SMARTS) is 1. The molecule has 1 atom stereocenters. The van der Waals surface area contributed by atoms with E-state index < -0.39 is 11.6 Å². The first-order valence-electron chi connectivity index (χ1n) is 10.8. The number of benzene rings is 1. The SMILES string of the molecule is COCCOc1ccc(-c2nc(C(C)(C)N(C(=O)O)C3CN4CCC3CC4)cs2)cc1. The van der Waals surface area contributed by atoms with Gasteiger partial charge in [-0.1, -0.05) is 0 Å². The highest BCUT2D eigenvalue weighted by Gasteiger charge is 2.46. The van der Waals surface area contributed by atoms with Crippen molar-refractivity contribution in [3.63, 3.8) is 0 Å². The summed E-state index contributed by atoms with van der Waals surface area (Å²) < 4.78 is 10.6. The fourth-order valence-corrected chi connectivity index (χ4v) is 5.76. The first-order valence-corrected chi connectivity index (χ1v) is 11.7. The second-order valence-corrected chi connectivity index (χ2v) is 9.68. The Balaban J connectivity index is 1.53. The number of nitrogens with zero attached hydrogens (tertiary/aromatic N) is 3. The fraction of sp³-hybridized carbons (Fsp3) is 0.565. The average molecular weight is 446 g/mol.